The summed E-state index contributed by atoms with van der Waals surface area (Å²) >= 11 is 1.71. The number of phenols is 1. The molecule has 0 saturated carbocycles. The number of hydrogen-bond acceptors (Lipinski definition) is 2. The third kappa shape index (κ3) is 2.54. The third-order valence-electron chi connectivity index (χ3n) is 2.13. The van der Waals surface area contributed by atoms with Crippen LogP contribution in [0, 0.1) is 6.92 Å². The van der Waals surface area contributed by atoms with Gasteiger partial charge in [-0.15, -0.1) is 0 Å². The van der Waals surface area contributed by atoms with Gasteiger partial charge in [0.25, 0.3) is 0 Å². The first-order valence-corrected chi connectivity index (χ1v) is 5.60. The summed E-state index contributed by atoms with van der Waals surface area (Å²) in [4.78, 5) is 2.39. The highest BCUT2D eigenvalue weighted by atomic mass is 32.2. The molecule has 0 aromatic heterocycles. The van der Waals surface area contributed by atoms with Gasteiger partial charge in [-0.05, 0) is 42.8 Å². The van der Waals surface area contributed by atoms with Crippen LogP contribution in [0.5, 0.6) is 5.75 Å². The second-order valence-electron chi connectivity index (χ2n) is 3.36. The Labute approximate surface area is 93.8 Å². The van der Waals surface area contributed by atoms with Gasteiger partial charge in [0, 0.05) is 9.79 Å². The van der Waals surface area contributed by atoms with Crippen molar-refractivity contribution in [1.82, 2.24) is 0 Å². The highest BCUT2D eigenvalue weighted by Crippen LogP contribution is 2.31. The number of hydrogen-bond donors (Lipinski definition) is 1. The van der Waals surface area contributed by atoms with Gasteiger partial charge in [-0.25, -0.2) is 0 Å². The molecule has 0 fully saturated rings. The second-order valence-corrected chi connectivity index (χ2v) is 4.48. The summed E-state index contributed by atoms with van der Waals surface area (Å²) in [5.74, 6) is 0.324. The molecule has 0 aliphatic carbocycles. The lowest BCUT2D eigenvalue weighted by atomic mass is 10.2. The zero-order valence-electron chi connectivity index (χ0n) is 8.47. The Morgan fingerprint density at radius 2 is 1.73 bits per heavy atom. The molecule has 76 valence electrons. The lowest BCUT2D eigenvalue weighted by Crippen LogP contribution is -1.79. The van der Waals surface area contributed by atoms with Crippen molar-refractivity contribution in [3.63, 3.8) is 0 Å². The normalized spacial score (nSPS) is 10.2. The SMILES string of the molecule is Cc1cc(O)ccc1Sc1ccccc1. The van der Waals surface area contributed by atoms with E-state index in [0.717, 1.165) is 5.56 Å². The highest BCUT2D eigenvalue weighted by molar-refractivity contribution is 7.99. The summed E-state index contributed by atoms with van der Waals surface area (Å²) in [5.41, 5.74) is 1.10. The van der Waals surface area contributed by atoms with Gasteiger partial charge in [-0.2, -0.15) is 0 Å². The van der Waals surface area contributed by atoms with Crippen LogP contribution in [0.4, 0.5) is 0 Å². The third-order valence-corrected chi connectivity index (χ3v) is 3.32. The summed E-state index contributed by atoms with van der Waals surface area (Å²) < 4.78 is 0. The van der Waals surface area contributed by atoms with Crippen molar-refractivity contribution in [3.8, 4) is 5.75 Å². The maximum atomic E-state index is 9.29. The molecule has 15 heavy (non-hydrogen) atoms. The molecule has 0 aliphatic heterocycles. The van der Waals surface area contributed by atoms with Crippen molar-refractivity contribution < 1.29 is 5.11 Å². The van der Waals surface area contributed by atoms with Crippen LogP contribution < -0.4 is 0 Å². The van der Waals surface area contributed by atoms with E-state index in [2.05, 4.69) is 12.1 Å². The fourth-order valence-electron chi connectivity index (χ4n) is 1.36. The van der Waals surface area contributed by atoms with Crippen LogP contribution in [0.1, 0.15) is 5.56 Å². The zero-order chi connectivity index (χ0) is 10.7. The molecule has 2 aromatic rings. The predicted molar refractivity (Wildman–Crippen MR) is 63.4 cm³/mol. The van der Waals surface area contributed by atoms with Gasteiger partial charge in [0.1, 0.15) is 5.75 Å². The first kappa shape index (κ1) is 10.1. The Hall–Kier alpha value is -1.41. The second kappa shape index (κ2) is 4.41. The minimum Gasteiger partial charge on any atom is -0.508 e. The van der Waals surface area contributed by atoms with E-state index in [1.807, 2.05) is 31.2 Å². The fourth-order valence-corrected chi connectivity index (χ4v) is 2.27. The molecule has 2 rings (SSSR count). The van der Waals surface area contributed by atoms with E-state index >= 15 is 0 Å². The van der Waals surface area contributed by atoms with E-state index in [-0.39, 0.29) is 0 Å². The minimum absolute atomic E-state index is 0.324. The average molecular weight is 216 g/mol. The Bertz CT molecular complexity index is 451. The molecular weight excluding hydrogens is 204 g/mol. The molecule has 2 aromatic carbocycles. The van der Waals surface area contributed by atoms with Gasteiger partial charge >= 0.3 is 0 Å². The van der Waals surface area contributed by atoms with Gasteiger partial charge < -0.3 is 5.11 Å². The summed E-state index contributed by atoms with van der Waals surface area (Å²) in [5, 5.41) is 9.29. The van der Waals surface area contributed by atoms with E-state index in [0.29, 0.717) is 5.75 Å². The highest BCUT2D eigenvalue weighted by Gasteiger charge is 2.01. The summed E-state index contributed by atoms with van der Waals surface area (Å²) in [7, 11) is 0. The van der Waals surface area contributed by atoms with Gasteiger partial charge in [-0.1, -0.05) is 30.0 Å². The van der Waals surface area contributed by atoms with Crippen molar-refractivity contribution in [2.75, 3.05) is 0 Å². The van der Waals surface area contributed by atoms with Crippen LogP contribution in [-0.4, -0.2) is 5.11 Å². The van der Waals surface area contributed by atoms with Gasteiger partial charge in [-0.3, -0.25) is 0 Å². The summed E-state index contributed by atoms with van der Waals surface area (Å²) in [6.45, 7) is 2.00. The van der Waals surface area contributed by atoms with Crippen LogP contribution in [0.3, 0.4) is 0 Å². The van der Waals surface area contributed by atoms with Crippen molar-refractivity contribution >= 4 is 11.8 Å². The first-order chi connectivity index (χ1) is 7.25. The molecule has 1 nitrogen and oxygen atoms in total. The molecule has 0 radical (unpaired) electrons. The van der Waals surface area contributed by atoms with Crippen LogP contribution in [0.2, 0.25) is 0 Å². The number of aryl methyl sites for hydroxylation is 1. The minimum atomic E-state index is 0.324. The van der Waals surface area contributed by atoms with E-state index in [1.54, 1.807) is 23.9 Å². The topological polar surface area (TPSA) is 20.2 Å². The molecular formula is C13H12OS. The van der Waals surface area contributed by atoms with Gasteiger partial charge in [0.05, 0.1) is 0 Å². The van der Waals surface area contributed by atoms with Crippen LogP contribution in [0.15, 0.2) is 58.3 Å². The monoisotopic (exact) mass is 216 g/mol. The van der Waals surface area contributed by atoms with E-state index in [4.69, 9.17) is 0 Å². The molecule has 0 aliphatic rings. The van der Waals surface area contributed by atoms with Gasteiger partial charge in [0.15, 0.2) is 0 Å². The van der Waals surface area contributed by atoms with Crippen LogP contribution >= 0.6 is 11.8 Å². The number of phenolic OH excluding ortho intramolecular Hbond substituents is 1. The van der Waals surface area contributed by atoms with Crippen molar-refractivity contribution in [1.29, 1.82) is 0 Å². The fraction of sp³-hybridized carbons (Fsp3) is 0.0769. The van der Waals surface area contributed by atoms with Gasteiger partial charge in [0.2, 0.25) is 0 Å². The van der Waals surface area contributed by atoms with Crippen LogP contribution in [0.25, 0.3) is 0 Å². The van der Waals surface area contributed by atoms with Crippen molar-refractivity contribution in [2.24, 2.45) is 0 Å². The number of aromatic hydroxyl groups is 1. The standard InChI is InChI=1S/C13H12OS/c1-10-9-11(14)7-8-13(10)15-12-5-3-2-4-6-12/h2-9,14H,1H3. The molecule has 0 atom stereocenters. The molecule has 0 bridgehead atoms. The molecule has 1 N–H and O–H groups in total. The van der Waals surface area contributed by atoms with Crippen molar-refractivity contribution in [2.45, 2.75) is 16.7 Å². The summed E-state index contributed by atoms with van der Waals surface area (Å²) in [6, 6.07) is 15.7. The predicted octanol–water partition coefficient (Wildman–Crippen LogP) is 3.85. The Morgan fingerprint density at radius 1 is 1.00 bits per heavy atom. The quantitative estimate of drug-likeness (QED) is 0.822. The number of rotatable bonds is 2. The summed E-state index contributed by atoms with van der Waals surface area (Å²) in [6.07, 6.45) is 0. The lowest BCUT2D eigenvalue weighted by molar-refractivity contribution is 0.474. The Morgan fingerprint density at radius 3 is 2.40 bits per heavy atom. The molecule has 2 heteroatoms. The molecule has 0 heterocycles. The van der Waals surface area contributed by atoms with E-state index in [9.17, 15) is 5.11 Å². The molecule has 0 amide bonds. The Kier molecular flexibility index (Phi) is 2.97. The first-order valence-electron chi connectivity index (χ1n) is 4.78. The molecule has 0 saturated heterocycles. The zero-order valence-corrected chi connectivity index (χ0v) is 9.29. The lowest BCUT2D eigenvalue weighted by Gasteiger charge is -2.05. The Balaban J connectivity index is 2.25. The maximum Gasteiger partial charge on any atom is 0.115 e. The maximum absolute atomic E-state index is 9.29. The van der Waals surface area contributed by atoms with Crippen LogP contribution in [-0.2, 0) is 0 Å². The number of benzene rings is 2. The molecule has 0 unspecified atom stereocenters. The largest absolute Gasteiger partial charge is 0.508 e. The smallest absolute Gasteiger partial charge is 0.115 e. The average Bonchev–Trinajstić information content (AvgIpc) is 2.24. The van der Waals surface area contributed by atoms with E-state index < -0.39 is 0 Å². The van der Waals surface area contributed by atoms with E-state index in [1.165, 1.54) is 9.79 Å². The molecule has 0 spiro atoms. The van der Waals surface area contributed by atoms with Crippen molar-refractivity contribution in [3.05, 3.63) is 54.1 Å².